The van der Waals surface area contributed by atoms with E-state index in [9.17, 15) is 4.79 Å². The van der Waals surface area contributed by atoms with E-state index in [0.29, 0.717) is 0 Å². The third-order valence-electron chi connectivity index (χ3n) is 1.81. The molecule has 0 aliphatic rings. The number of hydrogen-bond acceptors (Lipinski definition) is 1. The van der Waals surface area contributed by atoms with Crippen LogP contribution in [0.2, 0.25) is 0 Å². The maximum absolute atomic E-state index is 11.4. The lowest BCUT2D eigenvalue weighted by Gasteiger charge is -2.09. The first-order valence-corrected chi connectivity index (χ1v) is 5.92. The maximum atomic E-state index is 11.4. The lowest BCUT2D eigenvalue weighted by Crippen LogP contribution is -2.20. The van der Waals surface area contributed by atoms with Crippen molar-refractivity contribution in [1.29, 1.82) is 0 Å². The number of amides is 1. The number of carbonyl (C=O) groups is 1. The van der Waals surface area contributed by atoms with Crippen molar-refractivity contribution in [2.45, 2.75) is 18.7 Å². The Balaban J connectivity index is 2.82. The minimum atomic E-state index is -0.175. The van der Waals surface area contributed by atoms with Gasteiger partial charge in [0.1, 0.15) is 0 Å². The topological polar surface area (TPSA) is 29.1 Å². The van der Waals surface area contributed by atoms with E-state index in [2.05, 4.69) is 37.2 Å². The summed E-state index contributed by atoms with van der Waals surface area (Å²) in [6.07, 6.45) is 0. The first kappa shape index (κ1) is 11.7. The Kier molecular flexibility index (Phi) is 4.13. The van der Waals surface area contributed by atoms with Gasteiger partial charge in [-0.15, -0.1) is 0 Å². The highest BCUT2D eigenvalue weighted by atomic mass is 79.9. The minimum Gasteiger partial charge on any atom is -0.325 e. The molecule has 0 spiro atoms. The normalized spacial score (nSPS) is 12.3. The van der Waals surface area contributed by atoms with E-state index in [1.165, 1.54) is 0 Å². The second-order valence-corrected chi connectivity index (χ2v) is 5.35. The predicted octanol–water partition coefficient (Wildman–Crippen LogP) is 3.48. The summed E-state index contributed by atoms with van der Waals surface area (Å²) >= 11 is 6.58. The molecule has 4 heteroatoms. The van der Waals surface area contributed by atoms with Crippen molar-refractivity contribution < 1.29 is 4.79 Å². The molecule has 1 N–H and O–H groups in total. The molecule has 0 aliphatic carbocycles. The molecule has 0 heterocycles. The van der Waals surface area contributed by atoms with Gasteiger partial charge in [0.05, 0.1) is 4.83 Å². The first-order valence-electron chi connectivity index (χ1n) is 4.22. The van der Waals surface area contributed by atoms with Crippen LogP contribution in [-0.2, 0) is 4.79 Å². The van der Waals surface area contributed by atoms with Crippen LogP contribution in [0.5, 0.6) is 0 Å². The molecular weight excluding hydrogens is 310 g/mol. The van der Waals surface area contributed by atoms with Gasteiger partial charge in [0.25, 0.3) is 0 Å². The minimum absolute atomic E-state index is 0.0320. The maximum Gasteiger partial charge on any atom is 0.237 e. The largest absolute Gasteiger partial charge is 0.325 e. The van der Waals surface area contributed by atoms with Crippen molar-refractivity contribution in [3.05, 3.63) is 28.2 Å². The standard InChI is InChI=1S/C10H11Br2NO/c1-6-5-8(12)3-4-9(6)13-10(14)7(2)11/h3-5,7H,1-2H3,(H,13,14). The SMILES string of the molecule is Cc1cc(Br)ccc1NC(=O)C(C)Br. The summed E-state index contributed by atoms with van der Waals surface area (Å²) in [6, 6.07) is 5.75. The Morgan fingerprint density at radius 2 is 2.14 bits per heavy atom. The number of anilines is 1. The van der Waals surface area contributed by atoms with Crippen LogP contribution in [-0.4, -0.2) is 10.7 Å². The van der Waals surface area contributed by atoms with Crippen LogP contribution in [0.15, 0.2) is 22.7 Å². The molecule has 1 rings (SSSR count). The molecule has 14 heavy (non-hydrogen) atoms. The van der Waals surface area contributed by atoms with E-state index in [1.807, 2.05) is 25.1 Å². The number of halogens is 2. The van der Waals surface area contributed by atoms with Crippen molar-refractivity contribution in [2.24, 2.45) is 0 Å². The Hall–Kier alpha value is -0.350. The van der Waals surface area contributed by atoms with Gasteiger partial charge in [0.2, 0.25) is 5.91 Å². The summed E-state index contributed by atoms with van der Waals surface area (Å²) < 4.78 is 1.01. The Morgan fingerprint density at radius 3 is 2.64 bits per heavy atom. The fraction of sp³-hybridized carbons (Fsp3) is 0.300. The molecule has 0 aliphatic heterocycles. The van der Waals surface area contributed by atoms with E-state index in [1.54, 1.807) is 6.92 Å². The third-order valence-corrected chi connectivity index (χ3v) is 2.72. The predicted molar refractivity (Wildman–Crippen MR) is 65.9 cm³/mol. The molecule has 1 unspecified atom stereocenters. The molecule has 1 atom stereocenters. The van der Waals surface area contributed by atoms with Crippen molar-refractivity contribution in [3.63, 3.8) is 0 Å². The Labute approximate surface area is 100 Å². The van der Waals surface area contributed by atoms with Gasteiger partial charge in [-0.05, 0) is 37.6 Å². The number of hydrogen-bond donors (Lipinski definition) is 1. The molecule has 0 bridgehead atoms. The summed E-state index contributed by atoms with van der Waals surface area (Å²) in [5, 5.41) is 2.83. The van der Waals surface area contributed by atoms with Crippen molar-refractivity contribution in [2.75, 3.05) is 5.32 Å². The van der Waals surface area contributed by atoms with E-state index in [4.69, 9.17) is 0 Å². The molecule has 1 aromatic rings. The first-order chi connectivity index (χ1) is 6.50. The number of alkyl halides is 1. The van der Waals surface area contributed by atoms with E-state index < -0.39 is 0 Å². The van der Waals surface area contributed by atoms with E-state index in [-0.39, 0.29) is 10.7 Å². The quantitative estimate of drug-likeness (QED) is 0.830. The summed E-state index contributed by atoms with van der Waals surface area (Å²) in [6.45, 7) is 3.75. The zero-order valence-electron chi connectivity index (χ0n) is 7.97. The highest BCUT2D eigenvalue weighted by Gasteiger charge is 2.09. The highest BCUT2D eigenvalue weighted by Crippen LogP contribution is 2.20. The second-order valence-electron chi connectivity index (χ2n) is 3.06. The van der Waals surface area contributed by atoms with Crippen LogP contribution in [0.1, 0.15) is 12.5 Å². The van der Waals surface area contributed by atoms with Crippen LogP contribution in [0.4, 0.5) is 5.69 Å². The monoisotopic (exact) mass is 319 g/mol. The van der Waals surface area contributed by atoms with Gasteiger partial charge in [-0.2, -0.15) is 0 Å². The molecule has 0 fully saturated rings. The summed E-state index contributed by atoms with van der Waals surface area (Å²) in [4.78, 5) is 11.2. The van der Waals surface area contributed by atoms with E-state index in [0.717, 1.165) is 15.7 Å². The van der Waals surface area contributed by atoms with Gasteiger partial charge >= 0.3 is 0 Å². The average Bonchev–Trinajstić information content (AvgIpc) is 2.09. The molecular formula is C10H11Br2NO. The number of nitrogens with one attached hydrogen (secondary N) is 1. The Morgan fingerprint density at radius 1 is 1.50 bits per heavy atom. The van der Waals surface area contributed by atoms with E-state index >= 15 is 0 Å². The molecule has 76 valence electrons. The third kappa shape index (κ3) is 3.10. The second kappa shape index (κ2) is 4.94. The van der Waals surface area contributed by atoms with Gasteiger partial charge in [-0.25, -0.2) is 0 Å². The Bertz CT molecular complexity index is 350. The van der Waals surface area contributed by atoms with Gasteiger partial charge in [0, 0.05) is 10.2 Å². The van der Waals surface area contributed by atoms with Crippen molar-refractivity contribution in [1.82, 2.24) is 0 Å². The number of benzene rings is 1. The van der Waals surface area contributed by atoms with Crippen molar-refractivity contribution >= 4 is 43.5 Å². The zero-order valence-corrected chi connectivity index (χ0v) is 11.1. The van der Waals surface area contributed by atoms with Gasteiger partial charge < -0.3 is 5.32 Å². The summed E-state index contributed by atoms with van der Waals surface area (Å²) in [5.41, 5.74) is 1.89. The van der Waals surface area contributed by atoms with Crippen LogP contribution in [0, 0.1) is 6.92 Å². The molecule has 0 aromatic heterocycles. The number of aryl methyl sites for hydroxylation is 1. The van der Waals surface area contributed by atoms with Gasteiger partial charge in [-0.3, -0.25) is 4.79 Å². The highest BCUT2D eigenvalue weighted by molar-refractivity contribution is 9.10. The van der Waals surface area contributed by atoms with Crippen molar-refractivity contribution in [3.8, 4) is 0 Å². The fourth-order valence-corrected chi connectivity index (χ4v) is 1.59. The smallest absolute Gasteiger partial charge is 0.237 e. The molecule has 1 aromatic carbocycles. The van der Waals surface area contributed by atoms with Gasteiger partial charge in [0.15, 0.2) is 0 Å². The summed E-state index contributed by atoms with van der Waals surface area (Å²) in [5.74, 6) is -0.0320. The van der Waals surface area contributed by atoms with Crippen LogP contribution >= 0.6 is 31.9 Å². The average molecular weight is 321 g/mol. The molecule has 0 saturated carbocycles. The number of rotatable bonds is 2. The molecule has 2 nitrogen and oxygen atoms in total. The van der Waals surface area contributed by atoms with Gasteiger partial charge in [-0.1, -0.05) is 31.9 Å². The fourth-order valence-electron chi connectivity index (χ4n) is 1.000. The van der Waals surface area contributed by atoms with Crippen LogP contribution in [0.3, 0.4) is 0 Å². The number of carbonyl (C=O) groups excluding carboxylic acids is 1. The van der Waals surface area contributed by atoms with Crippen LogP contribution in [0.25, 0.3) is 0 Å². The molecule has 0 saturated heterocycles. The lowest BCUT2D eigenvalue weighted by atomic mass is 10.2. The van der Waals surface area contributed by atoms with Crippen LogP contribution < -0.4 is 5.32 Å². The molecule has 1 amide bonds. The molecule has 0 radical (unpaired) electrons. The zero-order chi connectivity index (χ0) is 10.7. The summed E-state index contributed by atoms with van der Waals surface area (Å²) in [7, 11) is 0. The lowest BCUT2D eigenvalue weighted by molar-refractivity contribution is -0.115.